The number of carbonyl (C=O) groups excluding carboxylic acids is 1. The molecule has 2 atom stereocenters. The highest BCUT2D eigenvalue weighted by molar-refractivity contribution is 5.87. The van der Waals surface area contributed by atoms with Crippen molar-refractivity contribution in [1.82, 2.24) is 0 Å². The van der Waals surface area contributed by atoms with E-state index in [1.807, 2.05) is 6.08 Å². The van der Waals surface area contributed by atoms with Crippen LogP contribution in [0.4, 0.5) is 0 Å². The maximum absolute atomic E-state index is 10.7. The van der Waals surface area contributed by atoms with E-state index in [0.29, 0.717) is 11.7 Å². The minimum Gasteiger partial charge on any atom is -0.478 e. The number of allylic oxidation sites excluding steroid dienone is 1. The van der Waals surface area contributed by atoms with E-state index < -0.39 is 11.9 Å². The van der Waals surface area contributed by atoms with Crippen molar-refractivity contribution < 1.29 is 24.2 Å². The van der Waals surface area contributed by atoms with Crippen LogP contribution in [0.5, 0.6) is 0 Å². The van der Waals surface area contributed by atoms with Gasteiger partial charge in [0.25, 0.3) is 0 Å². The van der Waals surface area contributed by atoms with E-state index in [9.17, 15) is 9.59 Å². The lowest BCUT2D eigenvalue weighted by molar-refractivity contribution is -0.136. The number of hydrogen-bond acceptors (Lipinski definition) is 4. The molecule has 0 bridgehead atoms. The molecule has 110 valence electrons. The van der Waals surface area contributed by atoms with Crippen molar-refractivity contribution in [3.8, 4) is 0 Å². The molecule has 0 aromatic rings. The summed E-state index contributed by atoms with van der Waals surface area (Å²) >= 11 is 0. The summed E-state index contributed by atoms with van der Waals surface area (Å²) in [4.78, 5) is 20.9. The second-order valence-corrected chi connectivity index (χ2v) is 4.55. The minimum atomic E-state index is -0.752. The van der Waals surface area contributed by atoms with Crippen molar-refractivity contribution in [2.75, 3.05) is 13.2 Å². The van der Waals surface area contributed by atoms with Gasteiger partial charge < -0.3 is 14.6 Å². The molecular formula is C15H20O5. The predicted octanol–water partition coefficient (Wildman–Crippen LogP) is 2.10. The number of aliphatic carboxylic acids is 1. The summed E-state index contributed by atoms with van der Waals surface area (Å²) in [6.45, 7) is 7.64. The van der Waals surface area contributed by atoms with Crippen molar-refractivity contribution >= 4 is 11.9 Å². The molecule has 1 heterocycles. The summed E-state index contributed by atoms with van der Waals surface area (Å²) in [6.07, 6.45) is 7.61. The highest BCUT2D eigenvalue weighted by atomic mass is 16.6. The first-order valence-electron chi connectivity index (χ1n) is 6.53. The van der Waals surface area contributed by atoms with Gasteiger partial charge in [-0.3, -0.25) is 0 Å². The van der Waals surface area contributed by atoms with E-state index >= 15 is 0 Å². The summed E-state index contributed by atoms with van der Waals surface area (Å²) in [6, 6.07) is 0. The number of ether oxygens (including phenoxy) is 2. The van der Waals surface area contributed by atoms with E-state index in [4.69, 9.17) is 9.84 Å². The maximum atomic E-state index is 10.7. The zero-order valence-corrected chi connectivity index (χ0v) is 11.4. The summed E-state index contributed by atoms with van der Waals surface area (Å²) in [5.74, 6) is -0.918. The average Bonchev–Trinajstić information content (AvgIpc) is 3.12. The lowest BCUT2D eigenvalue weighted by atomic mass is 9.96. The van der Waals surface area contributed by atoms with Gasteiger partial charge in [-0.25, -0.2) is 9.59 Å². The number of hydrogen-bond donors (Lipinski definition) is 1. The molecule has 1 fully saturated rings. The number of carboxylic acids is 1. The lowest BCUT2D eigenvalue weighted by Crippen LogP contribution is -2.10. The van der Waals surface area contributed by atoms with Crippen molar-refractivity contribution in [2.24, 2.45) is 5.92 Å². The second-order valence-electron chi connectivity index (χ2n) is 4.55. The zero-order valence-electron chi connectivity index (χ0n) is 11.4. The van der Waals surface area contributed by atoms with E-state index in [0.717, 1.165) is 31.9 Å². The molecule has 0 aromatic heterocycles. The van der Waals surface area contributed by atoms with Crippen molar-refractivity contribution in [3.63, 3.8) is 0 Å². The van der Waals surface area contributed by atoms with Crippen LogP contribution in [0.2, 0.25) is 0 Å². The summed E-state index contributed by atoms with van der Waals surface area (Å²) in [7, 11) is 0. The molecule has 1 saturated heterocycles. The smallest absolute Gasteiger partial charge is 0.331 e. The average molecular weight is 280 g/mol. The van der Waals surface area contributed by atoms with Gasteiger partial charge >= 0.3 is 11.9 Å². The third-order valence-corrected chi connectivity index (χ3v) is 3.03. The highest BCUT2D eigenvalue weighted by Gasteiger charge is 2.32. The fourth-order valence-electron chi connectivity index (χ4n) is 1.99. The topological polar surface area (TPSA) is 76.1 Å². The standard InChI is InChI=1S/C9H12O3.C6H8O2/c10-9(11)8-3-1-2-6(8)4-7-5-12-7;1-3-5-8-6(7)4-2/h3,6-7H,1-2,4-5H2,(H,10,11);3-4H,1-2,5H2. The summed E-state index contributed by atoms with van der Waals surface area (Å²) in [5, 5.41) is 8.81. The molecule has 0 saturated carbocycles. The Kier molecular flexibility index (Phi) is 6.73. The van der Waals surface area contributed by atoms with Crippen molar-refractivity contribution in [1.29, 1.82) is 0 Å². The fourth-order valence-corrected chi connectivity index (χ4v) is 1.99. The Morgan fingerprint density at radius 1 is 1.50 bits per heavy atom. The Morgan fingerprint density at radius 2 is 2.20 bits per heavy atom. The molecule has 2 rings (SSSR count). The Labute approximate surface area is 118 Å². The van der Waals surface area contributed by atoms with Crippen LogP contribution in [-0.2, 0) is 19.1 Å². The minimum absolute atomic E-state index is 0.245. The van der Waals surface area contributed by atoms with Crippen LogP contribution in [-0.4, -0.2) is 36.4 Å². The van der Waals surface area contributed by atoms with Crippen molar-refractivity contribution in [2.45, 2.75) is 25.4 Å². The van der Waals surface area contributed by atoms with Gasteiger partial charge in [0.2, 0.25) is 0 Å². The van der Waals surface area contributed by atoms with E-state index in [1.165, 1.54) is 6.08 Å². The molecule has 5 heteroatoms. The highest BCUT2D eigenvalue weighted by Crippen LogP contribution is 2.33. The molecular weight excluding hydrogens is 260 g/mol. The lowest BCUT2D eigenvalue weighted by Gasteiger charge is -2.08. The molecule has 0 amide bonds. The molecule has 1 aliphatic carbocycles. The van der Waals surface area contributed by atoms with Crippen LogP contribution in [0.15, 0.2) is 37.0 Å². The zero-order chi connectivity index (χ0) is 15.0. The third-order valence-electron chi connectivity index (χ3n) is 3.03. The van der Waals surface area contributed by atoms with Crippen LogP contribution in [0.1, 0.15) is 19.3 Å². The van der Waals surface area contributed by atoms with E-state index in [-0.39, 0.29) is 12.5 Å². The van der Waals surface area contributed by atoms with Gasteiger partial charge in [-0.15, -0.1) is 0 Å². The van der Waals surface area contributed by atoms with Crippen LogP contribution in [0, 0.1) is 5.92 Å². The first-order valence-corrected chi connectivity index (χ1v) is 6.53. The van der Waals surface area contributed by atoms with E-state index in [1.54, 1.807) is 0 Å². The van der Waals surface area contributed by atoms with Crippen LogP contribution >= 0.6 is 0 Å². The van der Waals surface area contributed by atoms with Gasteiger partial charge in [0.1, 0.15) is 6.61 Å². The summed E-state index contributed by atoms with van der Waals surface area (Å²) in [5.41, 5.74) is 0.602. The van der Waals surface area contributed by atoms with Gasteiger partial charge in [0.15, 0.2) is 0 Å². The summed E-state index contributed by atoms with van der Waals surface area (Å²) < 4.78 is 9.54. The molecule has 2 aliphatic rings. The molecule has 1 N–H and O–H groups in total. The first kappa shape index (κ1) is 16.2. The molecule has 20 heavy (non-hydrogen) atoms. The normalized spacial score (nSPS) is 22.9. The second kappa shape index (κ2) is 8.32. The Morgan fingerprint density at radius 3 is 2.70 bits per heavy atom. The van der Waals surface area contributed by atoms with Gasteiger partial charge in [-0.2, -0.15) is 0 Å². The molecule has 1 aliphatic heterocycles. The molecule has 5 nitrogen and oxygen atoms in total. The number of rotatable bonds is 6. The molecule has 2 unspecified atom stereocenters. The first-order chi connectivity index (χ1) is 9.58. The number of carboxylic acid groups (broad SMARTS) is 1. The van der Waals surface area contributed by atoms with Gasteiger partial charge in [0.05, 0.1) is 12.7 Å². The maximum Gasteiger partial charge on any atom is 0.331 e. The molecule has 0 aromatic carbocycles. The van der Waals surface area contributed by atoms with Crippen molar-refractivity contribution in [3.05, 3.63) is 37.0 Å². The van der Waals surface area contributed by atoms with Crippen LogP contribution in [0.3, 0.4) is 0 Å². The van der Waals surface area contributed by atoms with E-state index in [2.05, 4.69) is 17.9 Å². The number of esters is 1. The monoisotopic (exact) mass is 280 g/mol. The van der Waals surface area contributed by atoms with Gasteiger partial charge in [-0.05, 0) is 25.2 Å². The Bertz CT molecular complexity index is 406. The van der Waals surface area contributed by atoms with Gasteiger partial charge in [0, 0.05) is 11.6 Å². The third kappa shape index (κ3) is 5.84. The predicted molar refractivity (Wildman–Crippen MR) is 74.2 cm³/mol. The number of carbonyl (C=O) groups is 2. The Hall–Kier alpha value is -1.88. The largest absolute Gasteiger partial charge is 0.478 e. The van der Waals surface area contributed by atoms with Crippen LogP contribution < -0.4 is 0 Å². The fraction of sp³-hybridized carbons (Fsp3) is 0.467. The van der Waals surface area contributed by atoms with Crippen LogP contribution in [0.25, 0.3) is 0 Å². The SMILES string of the molecule is C=CCOC(=O)C=C.O=C(O)C1=CCCC1CC1CO1. The quantitative estimate of drug-likeness (QED) is 0.349. The number of epoxide rings is 1. The Balaban J connectivity index is 0.000000221. The van der Waals surface area contributed by atoms with Gasteiger partial charge in [-0.1, -0.05) is 25.3 Å². The molecule has 0 radical (unpaired) electrons. The molecule has 0 spiro atoms.